The van der Waals surface area contributed by atoms with Crippen LogP contribution in [0.4, 0.5) is 0 Å². The number of nitrogens with zero attached hydrogens (tertiary/aromatic N) is 1. The van der Waals surface area contributed by atoms with Crippen LogP contribution in [0.5, 0.6) is 0 Å². The Morgan fingerprint density at radius 2 is 1.81 bits per heavy atom. The average molecular weight is 448 g/mol. The average Bonchev–Trinajstić information content (AvgIpc) is 3.44. The molecule has 2 N–H and O–H groups in total. The molecule has 164 valence electrons. The van der Waals surface area contributed by atoms with Gasteiger partial charge in [-0.15, -0.1) is 11.3 Å². The summed E-state index contributed by atoms with van der Waals surface area (Å²) >= 11 is 1.50. The lowest BCUT2D eigenvalue weighted by molar-refractivity contribution is -0.127. The van der Waals surface area contributed by atoms with Gasteiger partial charge in [0.05, 0.1) is 10.8 Å². The van der Waals surface area contributed by atoms with Gasteiger partial charge in [-0.1, -0.05) is 36.4 Å². The summed E-state index contributed by atoms with van der Waals surface area (Å²) in [7, 11) is 0. The summed E-state index contributed by atoms with van der Waals surface area (Å²) in [6.45, 7) is 0.968. The standard InChI is InChI=1S/C25H25N3O3S/c29-23(26-27-24(30)22-14-17-8-4-12-21(17)32-22)18-9-5-13-28(15-18)25(31)20-11-3-7-16-6-1-2-10-19(16)20/h1-3,6-7,10-11,14,18H,4-5,8-9,12-13,15H2,(H,26,29)(H,27,30). The predicted octanol–water partition coefficient (Wildman–Crippen LogP) is 3.70. The van der Waals surface area contributed by atoms with E-state index in [1.54, 1.807) is 4.90 Å². The van der Waals surface area contributed by atoms with Crippen LogP contribution >= 0.6 is 11.3 Å². The first-order valence-corrected chi connectivity index (χ1v) is 11.9. The summed E-state index contributed by atoms with van der Waals surface area (Å²) in [5.41, 5.74) is 7.03. The quantitative estimate of drug-likeness (QED) is 0.601. The first-order valence-electron chi connectivity index (χ1n) is 11.1. The van der Waals surface area contributed by atoms with Gasteiger partial charge in [0.1, 0.15) is 0 Å². The first-order chi connectivity index (χ1) is 15.6. The van der Waals surface area contributed by atoms with Crippen LogP contribution in [0.2, 0.25) is 0 Å². The molecule has 0 radical (unpaired) electrons. The van der Waals surface area contributed by atoms with Crippen molar-refractivity contribution in [3.8, 4) is 0 Å². The molecule has 5 rings (SSSR count). The SMILES string of the molecule is O=C(NNC(=O)C1CCCN(C(=O)c2cccc3ccccc23)C1)c1cc2c(s1)CCC2. The second kappa shape index (κ2) is 8.74. The van der Waals surface area contributed by atoms with Crippen LogP contribution in [-0.2, 0) is 17.6 Å². The van der Waals surface area contributed by atoms with E-state index in [0.29, 0.717) is 30.0 Å². The molecule has 1 saturated heterocycles. The molecule has 6 nitrogen and oxygen atoms in total. The second-order valence-electron chi connectivity index (χ2n) is 8.47. The Morgan fingerprint density at radius 3 is 2.69 bits per heavy atom. The molecule has 0 bridgehead atoms. The summed E-state index contributed by atoms with van der Waals surface area (Å²) < 4.78 is 0. The Bertz CT molecular complexity index is 1180. The zero-order chi connectivity index (χ0) is 22.1. The van der Waals surface area contributed by atoms with E-state index in [0.717, 1.165) is 36.5 Å². The molecule has 7 heteroatoms. The van der Waals surface area contributed by atoms with Crippen molar-refractivity contribution >= 4 is 39.8 Å². The van der Waals surface area contributed by atoms with E-state index in [9.17, 15) is 14.4 Å². The molecule has 3 aromatic rings. The van der Waals surface area contributed by atoms with Crippen LogP contribution in [0.1, 0.15) is 49.7 Å². The monoisotopic (exact) mass is 447 g/mol. The normalized spacial score (nSPS) is 17.8. The molecule has 1 aliphatic heterocycles. The number of nitrogens with one attached hydrogen (secondary N) is 2. The van der Waals surface area contributed by atoms with Crippen LogP contribution in [0, 0.1) is 5.92 Å². The number of benzene rings is 2. The number of hydrazine groups is 1. The minimum Gasteiger partial charge on any atom is -0.338 e. The highest BCUT2D eigenvalue weighted by Gasteiger charge is 2.30. The van der Waals surface area contributed by atoms with Gasteiger partial charge in [0.25, 0.3) is 11.8 Å². The number of aryl methyl sites for hydroxylation is 2. The molecule has 2 heterocycles. The van der Waals surface area contributed by atoms with E-state index in [-0.39, 0.29) is 23.6 Å². The fraction of sp³-hybridized carbons (Fsp3) is 0.320. The molecule has 1 fully saturated rings. The summed E-state index contributed by atoms with van der Waals surface area (Å²) in [5.74, 6) is -0.942. The fourth-order valence-electron chi connectivity index (χ4n) is 4.68. The van der Waals surface area contributed by atoms with Gasteiger partial charge in [-0.05, 0) is 60.6 Å². The van der Waals surface area contributed by atoms with Crippen molar-refractivity contribution in [3.63, 3.8) is 0 Å². The third kappa shape index (κ3) is 4.00. The number of hydrogen-bond acceptors (Lipinski definition) is 4. The summed E-state index contributed by atoms with van der Waals surface area (Å²) in [6.07, 6.45) is 4.64. The van der Waals surface area contributed by atoms with Crippen molar-refractivity contribution < 1.29 is 14.4 Å². The Hall–Kier alpha value is -3.19. The molecular weight excluding hydrogens is 422 g/mol. The highest BCUT2D eigenvalue weighted by molar-refractivity contribution is 7.14. The van der Waals surface area contributed by atoms with Crippen LogP contribution in [-0.4, -0.2) is 35.7 Å². The van der Waals surface area contributed by atoms with Gasteiger partial charge in [-0.3, -0.25) is 25.2 Å². The molecule has 0 spiro atoms. The minimum absolute atomic E-state index is 0.0589. The third-order valence-corrected chi connectivity index (χ3v) is 7.60. The van der Waals surface area contributed by atoms with E-state index < -0.39 is 0 Å². The molecule has 3 amide bonds. The van der Waals surface area contributed by atoms with E-state index in [1.807, 2.05) is 48.5 Å². The van der Waals surface area contributed by atoms with Gasteiger partial charge in [-0.25, -0.2) is 0 Å². The lowest BCUT2D eigenvalue weighted by atomic mass is 9.96. The lowest BCUT2D eigenvalue weighted by Gasteiger charge is -2.32. The van der Waals surface area contributed by atoms with E-state index in [1.165, 1.54) is 21.8 Å². The first kappa shape index (κ1) is 20.7. The number of fused-ring (bicyclic) bond motifs is 2. The highest BCUT2D eigenvalue weighted by atomic mass is 32.1. The summed E-state index contributed by atoms with van der Waals surface area (Å²) in [5, 5.41) is 1.94. The molecule has 2 aromatic carbocycles. The molecule has 32 heavy (non-hydrogen) atoms. The maximum Gasteiger partial charge on any atom is 0.279 e. The maximum atomic E-state index is 13.2. The molecule has 1 atom stereocenters. The van der Waals surface area contributed by atoms with Crippen LogP contribution < -0.4 is 10.9 Å². The number of likely N-dealkylation sites (tertiary alicyclic amines) is 1. The lowest BCUT2D eigenvalue weighted by Crippen LogP contribution is -2.50. The van der Waals surface area contributed by atoms with Crippen molar-refractivity contribution in [3.05, 3.63) is 69.4 Å². The zero-order valence-corrected chi connectivity index (χ0v) is 18.5. The Kier molecular flexibility index (Phi) is 5.66. The number of piperidine rings is 1. The number of carbonyl (C=O) groups is 3. The van der Waals surface area contributed by atoms with Gasteiger partial charge in [0.2, 0.25) is 5.91 Å². The van der Waals surface area contributed by atoms with E-state index >= 15 is 0 Å². The van der Waals surface area contributed by atoms with E-state index in [4.69, 9.17) is 0 Å². The van der Waals surface area contributed by atoms with E-state index in [2.05, 4.69) is 10.9 Å². The second-order valence-corrected chi connectivity index (χ2v) is 9.61. The van der Waals surface area contributed by atoms with Gasteiger partial charge < -0.3 is 4.90 Å². The number of rotatable bonds is 3. The van der Waals surface area contributed by atoms with Crippen LogP contribution in [0.15, 0.2) is 48.5 Å². The predicted molar refractivity (Wildman–Crippen MR) is 125 cm³/mol. The zero-order valence-electron chi connectivity index (χ0n) is 17.7. The smallest absolute Gasteiger partial charge is 0.279 e. The number of amides is 3. The van der Waals surface area contributed by atoms with Crippen molar-refractivity contribution in [2.75, 3.05) is 13.1 Å². The maximum absolute atomic E-state index is 13.2. The van der Waals surface area contributed by atoms with Crippen molar-refractivity contribution in [1.29, 1.82) is 0 Å². The van der Waals surface area contributed by atoms with Gasteiger partial charge in [-0.2, -0.15) is 0 Å². The fourth-order valence-corrected chi connectivity index (χ4v) is 5.83. The largest absolute Gasteiger partial charge is 0.338 e. The number of carbonyl (C=O) groups excluding carboxylic acids is 3. The topological polar surface area (TPSA) is 78.5 Å². The molecule has 1 unspecified atom stereocenters. The summed E-state index contributed by atoms with van der Waals surface area (Å²) in [6, 6.07) is 15.5. The van der Waals surface area contributed by atoms with Crippen LogP contribution in [0.3, 0.4) is 0 Å². The van der Waals surface area contributed by atoms with Gasteiger partial charge >= 0.3 is 0 Å². The summed E-state index contributed by atoms with van der Waals surface area (Å²) in [4.78, 5) is 42.1. The molecule has 0 saturated carbocycles. The molecular formula is C25H25N3O3S. The molecule has 1 aliphatic carbocycles. The van der Waals surface area contributed by atoms with Crippen molar-refractivity contribution in [1.82, 2.24) is 15.8 Å². The number of hydrogen-bond donors (Lipinski definition) is 2. The Balaban J connectivity index is 1.21. The minimum atomic E-state index is -0.351. The van der Waals surface area contributed by atoms with Gasteiger partial charge in [0, 0.05) is 23.5 Å². The molecule has 1 aromatic heterocycles. The van der Waals surface area contributed by atoms with Crippen molar-refractivity contribution in [2.24, 2.45) is 5.92 Å². The van der Waals surface area contributed by atoms with Gasteiger partial charge in [0.15, 0.2) is 0 Å². The number of thiophene rings is 1. The third-order valence-electron chi connectivity index (χ3n) is 6.37. The van der Waals surface area contributed by atoms with Crippen LogP contribution in [0.25, 0.3) is 10.8 Å². The molecule has 2 aliphatic rings. The Labute approximate surface area is 190 Å². The highest BCUT2D eigenvalue weighted by Crippen LogP contribution is 2.30. The Morgan fingerprint density at radius 1 is 0.969 bits per heavy atom. The van der Waals surface area contributed by atoms with Crippen molar-refractivity contribution in [2.45, 2.75) is 32.1 Å².